The first-order chi connectivity index (χ1) is 12.6. The van der Waals surface area contributed by atoms with Crippen molar-refractivity contribution < 1.29 is 9.53 Å². The predicted molar refractivity (Wildman–Crippen MR) is 101 cm³/mol. The molecule has 0 atom stereocenters. The van der Waals surface area contributed by atoms with Crippen molar-refractivity contribution in [1.29, 1.82) is 0 Å². The van der Waals surface area contributed by atoms with E-state index in [0.717, 1.165) is 35.5 Å². The van der Waals surface area contributed by atoms with E-state index in [1.165, 1.54) is 5.56 Å². The molecule has 0 bridgehead atoms. The molecule has 26 heavy (non-hydrogen) atoms. The molecule has 0 aliphatic heterocycles. The lowest BCUT2D eigenvalue weighted by molar-refractivity contribution is 0.0943. The minimum atomic E-state index is -0.0830. The summed E-state index contributed by atoms with van der Waals surface area (Å²) in [7, 11) is 1.64. The van der Waals surface area contributed by atoms with Crippen LogP contribution in [0.15, 0.2) is 54.6 Å². The van der Waals surface area contributed by atoms with E-state index in [9.17, 15) is 4.79 Å². The summed E-state index contributed by atoms with van der Waals surface area (Å²) in [4.78, 5) is 12.7. The van der Waals surface area contributed by atoms with Crippen LogP contribution in [0.3, 0.4) is 0 Å². The molecule has 3 aromatic rings. The van der Waals surface area contributed by atoms with Crippen molar-refractivity contribution in [3.05, 3.63) is 65.9 Å². The van der Waals surface area contributed by atoms with Crippen molar-refractivity contribution in [2.24, 2.45) is 0 Å². The first-order valence-corrected chi connectivity index (χ1v) is 8.76. The monoisotopic (exact) mass is 347 g/mol. The molecule has 1 heterocycles. The van der Waals surface area contributed by atoms with E-state index in [2.05, 4.69) is 5.32 Å². The molecule has 2 aromatic carbocycles. The summed E-state index contributed by atoms with van der Waals surface area (Å²) in [6.07, 6.45) is 2.10. The average Bonchev–Trinajstić information content (AvgIpc) is 3.36. The van der Waals surface area contributed by atoms with Crippen molar-refractivity contribution in [3.8, 4) is 22.7 Å². The molecule has 0 saturated heterocycles. The summed E-state index contributed by atoms with van der Waals surface area (Å²) in [6, 6.07) is 17.8. The van der Waals surface area contributed by atoms with E-state index in [1.807, 2.05) is 61.5 Å². The molecule has 1 aliphatic rings. The van der Waals surface area contributed by atoms with Gasteiger partial charge in [0.25, 0.3) is 5.91 Å². The summed E-state index contributed by atoms with van der Waals surface area (Å²) < 4.78 is 6.93. The van der Waals surface area contributed by atoms with Gasteiger partial charge in [0.1, 0.15) is 11.4 Å². The molecular weight excluding hydrogens is 326 g/mol. The quantitative estimate of drug-likeness (QED) is 0.765. The van der Waals surface area contributed by atoms with Gasteiger partial charge in [-0.1, -0.05) is 17.7 Å². The molecule has 4 rings (SSSR count). The number of nitrogens with zero attached hydrogens (tertiary/aromatic N) is 2. The van der Waals surface area contributed by atoms with Gasteiger partial charge in [-0.2, -0.15) is 5.10 Å². The number of benzene rings is 2. The zero-order chi connectivity index (χ0) is 18.1. The van der Waals surface area contributed by atoms with Gasteiger partial charge >= 0.3 is 0 Å². The van der Waals surface area contributed by atoms with Crippen LogP contribution in [0.25, 0.3) is 16.9 Å². The molecular formula is C21H21N3O2. The molecule has 1 amide bonds. The third-order valence-electron chi connectivity index (χ3n) is 4.52. The summed E-state index contributed by atoms with van der Waals surface area (Å²) in [5, 5.41) is 7.75. The zero-order valence-corrected chi connectivity index (χ0v) is 14.9. The molecule has 1 aromatic heterocycles. The van der Waals surface area contributed by atoms with Crippen LogP contribution in [0.4, 0.5) is 0 Å². The molecule has 1 fully saturated rings. The van der Waals surface area contributed by atoms with Crippen LogP contribution in [-0.2, 0) is 0 Å². The normalized spacial score (nSPS) is 13.5. The number of carbonyl (C=O) groups excluding carboxylic acids is 1. The molecule has 132 valence electrons. The van der Waals surface area contributed by atoms with E-state index < -0.39 is 0 Å². The first-order valence-electron chi connectivity index (χ1n) is 8.76. The summed E-state index contributed by atoms with van der Waals surface area (Å²) in [5.74, 6) is 0.707. The number of methoxy groups -OCH3 is 1. The van der Waals surface area contributed by atoms with Gasteiger partial charge in [0.15, 0.2) is 0 Å². The maximum atomic E-state index is 12.7. The van der Waals surface area contributed by atoms with Crippen molar-refractivity contribution >= 4 is 5.91 Å². The van der Waals surface area contributed by atoms with Crippen LogP contribution in [0.2, 0.25) is 0 Å². The third kappa shape index (κ3) is 3.33. The summed E-state index contributed by atoms with van der Waals surface area (Å²) >= 11 is 0. The van der Waals surface area contributed by atoms with Gasteiger partial charge in [-0.05, 0) is 62.2 Å². The Morgan fingerprint density at radius 1 is 1.12 bits per heavy atom. The SMILES string of the molecule is COc1ccc(-c2cc(C(=O)NC3CC3)n(-c3ccc(C)cc3)n2)cc1. The Morgan fingerprint density at radius 2 is 1.81 bits per heavy atom. The second-order valence-electron chi connectivity index (χ2n) is 6.64. The number of amides is 1. The number of hydrogen-bond acceptors (Lipinski definition) is 3. The number of nitrogens with one attached hydrogen (secondary N) is 1. The van der Waals surface area contributed by atoms with Crippen LogP contribution < -0.4 is 10.1 Å². The number of aryl methyl sites for hydroxylation is 1. The highest BCUT2D eigenvalue weighted by Gasteiger charge is 2.26. The number of ether oxygens (including phenoxy) is 1. The van der Waals surface area contributed by atoms with Gasteiger partial charge in [-0.15, -0.1) is 0 Å². The Morgan fingerprint density at radius 3 is 2.42 bits per heavy atom. The first kappa shape index (κ1) is 16.4. The Balaban J connectivity index is 1.75. The lowest BCUT2D eigenvalue weighted by Gasteiger charge is -2.08. The number of carbonyl (C=O) groups is 1. The highest BCUT2D eigenvalue weighted by Crippen LogP contribution is 2.25. The molecule has 1 N–H and O–H groups in total. The van der Waals surface area contributed by atoms with Crippen LogP contribution in [0.1, 0.15) is 28.9 Å². The Labute approximate surface area is 152 Å². The maximum Gasteiger partial charge on any atom is 0.270 e. The average molecular weight is 347 g/mol. The molecule has 0 unspecified atom stereocenters. The van der Waals surface area contributed by atoms with Gasteiger partial charge in [0, 0.05) is 11.6 Å². The largest absolute Gasteiger partial charge is 0.497 e. The van der Waals surface area contributed by atoms with Crippen LogP contribution in [0.5, 0.6) is 5.75 Å². The van der Waals surface area contributed by atoms with Crippen molar-refractivity contribution in [1.82, 2.24) is 15.1 Å². The molecule has 5 heteroatoms. The fraction of sp³-hybridized carbons (Fsp3) is 0.238. The molecule has 1 saturated carbocycles. The predicted octanol–water partition coefficient (Wildman–Crippen LogP) is 3.75. The third-order valence-corrected chi connectivity index (χ3v) is 4.52. The number of aromatic nitrogens is 2. The van der Waals surface area contributed by atoms with Gasteiger partial charge < -0.3 is 10.1 Å². The Hall–Kier alpha value is -3.08. The topological polar surface area (TPSA) is 56.1 Å². The minimum absolute atomic E-state index is 0.0830. The number of rotatable bonds is 5. The molecule has 0 radical (unpaired) electrons. The van der Waals surface area contributed by atoms with Gasteiger partial charge in [0.05, 0.1) is 18.5 Å². The van der Waals surface area contributed by atoms with Crippen molar-refractivity contribution in [2.75, 3.05) is 7.11 Å². The van der Waals surface area contributed by atoms with Crippen molar-refractivity contribution in [2.45, 2.75) is 25.8 Å². The van der Waals surface area contributed by atoms with Gasteiger partial charge in [-0.25, -0.2) is 4.68 Å². The van der Waals surface area contributed by atoms with Gasteiger partial charge in [-0.3, -0.25) is 4.79 Å². The van der Waals surface area contributed by atoms with E-state index in [0.29, 0.717) is 11.7 Å². The molecule has 0 spiro atoms. The zero-order valence-electron chi connectivity index (χ0n) is 14.9. The number of hydrogen-bond donors (Lipinski definition) is 1. The fourth-order valence-electron chi connectivity index (χ4n) is 2.82. The van der Waals surface area contributed by atoms with Gasteiger partial charge in [0.2, 0.25) is 0 Å². The van der Waals surface area contributed by atoms with Crippen LogP contribution in [-0.4, -0.2) is 28.8 Å². The van der Waals surface area contributed by atoms with E-state index >= 15 is 0 Å². The minimum Gasteiger partial charge on any atom is -0.497 e. The van der Waals surface area contributed by atoms with E-state index in [1.54, 1.807) is 11.8 Å². The van der Waals surface area contributed by atoms with Crippen LogP contribution >= 0.6 is 0 Å². The van der Waals surface area contributed by atoms with E-state index in [-0.39, 0.29) is 5.91 Å². The second-order valence-corrected chi connectivity index (χ2v) is 6.64. The highest BCUT2D eigenvalue weighted by atomic mass is 16.5. The fourth-order valence-corrected chi connectivity index (χ4v) is 2.82. The maximum absolute atomic E-state index is 12.7. The molecule has 1 aliphatic carbocycles. The standard InChI is InChI=1S/C21H21N3O2/c1-14-3-9-17(10-4-14)24-20(21(25)22-16-7-8-16)13-19(23-24)15-5-11-18(26-2)12-6-15/h3-6,9-13,16H,7-8H2,1-2H3,(H,22,25). The summed E-state index contributed by atoms with van der Waals surface area (Å²) in [5.41, 5.74) is 4.29. The lowest BCUT2D eigenvalue weighted by atomic mass is 10.1. The highest BCUT2D eigenvalue weighted by molar-refractivity contribution is 5.94. The van der Waals surface area contributed by atoms with Crippen molar-refractivity contribution in [3.63, 3.8) is 0 Å². The second kappa shape index (κ2) is 6.67. The Kier molecular flexibility index (Phi) is 4.21. The lowest BCUT2D eigenvalue weighted by Crippen LogP contribution is -2.27. The Bertz CT molecular complexity index is 923. The van der Waals surface area contributed by atoms with E-state index in [4.69, 9.17) is 9.84 Å². The summed E-state index contributed by atoms with van der Waals surface area (Å²) in [6.45, 7) is 2.04. The smallest absolute Gasteiger partial charge is 0.270 e. The van der Waals surface area contributed by atoms with Crippen LogP contribution in [0, 0.1) is 6.92 Å². The molecule has 5 nitrogen and oxygen atoms in total.